The summed E-state index contributed by atoms with van der Waals surface area (Å²) in [7, 11) is 1.61. The Balaban J connectivity index is 1.31. The molecular weight excluding hydrogens is 576 g/mol. The molecule has 10 heteroatoms. The zero-order chi connectivity index (χ0) is 32.0. The first-order chi connectivity index (χ1) is 21.8. The molecule has 4 rings (SSSR count). The van der Waals surface area contributed by atoms with Crippen molar-refractivity contribution in [3.8, 4) is 5.75 Å². The Kier molecular flexibility index (Phi) is 14.7. The highest BCUT2D eigenvalue weighted by molar-refractivity contribution is 5.84. The predicted molar refractivity (Wildman–Crippen MR) is 174 cm³/mol. The lowest BCUT2D eigenvalue weighted by molar-refractivity contribution is -0.278. The van der Waals surface area contributed by atoms with Gasteiger partial charge in [-0.3, -0.25) is 10.2 Å². The van der Waals surface area contributed by atoms with Crippen LogP contribution in [0.1, 0.15) is 97.8 Å². The van der Waals surface area contributed by atoms with Crippen LogP contribution in [-0.2, 0) is 28.4 Å². The number of benzene rings is 1. The molecule has 0 spiro atoms. The van der Waals surface area contributed by atoms with E-state index >= 15 is 0 Å². The third kappa shape index (κ3) is 11.4. The van der Waals surface area contributed by atoms with Gasteiger partial charge in [0.25, 0.3) is 0 Å². The van der Waals surface area contributed by atoms with Crippen molar-refractivity contribution in [1.82, 2.24) is 4.90 Å². The van der Waals surface area contributed by atoms with Crippen molar-refractivity contribution in [2.24, 2.45) is 0 Å². The lowest BCUT2D eigenvalue weighted by atomic mass is 10.0. The topological polar surface area (TPSA) is 97.0 Å². The third-order valence-electron chi connectivity index (χ3n) is 8.87. The highest BCUT2D eigenvalue weighted by Gasteiger charge is 2.66. The van der Waals surface area contributed by atoms with Crippen LogP contribution in [0.15, 0.2) is 24.3 Å². The Morgan fingerprint density at radius 3 is 2.27 bits per heavy atom. The molecule has 0 bridgehead atoms. The monoisotopic (exact) mass is 634 g/mol. The van der Waals surface area contributed by atoms with Crippen molar-refractivity contribution in [2.75, 3.05) is 58.5 Å². The Bertz CT molecular complexity index is 986. The maximum absolute atomic E-state index is 13.1. The number of morpholine rings is 1. The molecule has 45 heavy (non-hydrogen) atoms. The molecule has 1 aromatic carbocycles. The third-order valence-corrected chi connectivity index (χ3v) is 8.87. The van der Waals surface area contributed by atoms with Gasteiger partial charge in [-0.1, -0.05) is 64.7 Å². The number of amides is 1. The summed E-state index contributed by atoms with van der Waals surface area (Å²) in [5, 5.41) is 2.83. The number of hydrogen-bond acceptors (Lipinski definition) is 9. The second-order valence-electron chi connectivity index (χ2n) is 13.1. The van der Waals surface area contributed by atoms with Gasteiger partial charge in [0, 0.05) is 25.4 Å². The maximum atomic E-state index is 13.1. The molecule has 3 fully saturated rings. The second kappa shape index (κ2) is 18.4. The number of carbonyl (C=O) groups is 1. The summed E-state index contributed by atoms with van der Waals surface area (Å²) < 4.78 is 42.4. The van der Waals surface area contributed by atoms with Crippen LogP contribution in [0.3, 0.4) is 0 Å². The fraction of sp³-hybridized carbons (Fsp3) is 0.800. The van der Waals surface area contributed by atoms with Crippen LogP contribution in [0.2, 0.25) is 0 Å². The Morgan fingerprint density at radius 2 is 1.60 bits per heavy atom. The van der Waals surface area contributed by atoms with Gasteiger partial charge >= 0.3 is 6.09 Å². The highest BCUT2D eigenvalue weighted by atomic mass is 16.9. The van der Waals surface area contributed by atoms with Gasteiger partial charge in [0.05, 0.1) is 20.3 Å². The molecule has 0 aromatic heterocycles. The van der Waals surface area contributed by atoms with E-state index in [1.807, 2.05) is 13.8 Å². The van der Waals surface area contributed by atoms with Crippen LogP contribution < -0.4 is 10.1 Å². The lowest BCUT2D eigenvalue weighted by Gasteiger charge is -2.29. The number of methoxy groups -OCH3 is 1. The van der Waals surface area contributed by atoms with Crippen LogP contribution >= 0.6 is 0 Å². The number of anilines is 1. The van der Waals surface area contributed by atoms with Crippen molar-refractivity contribution in [1.29, 1.82) is 0 Å². The van der Waals surface area contributed by atoms with E-state index in [1.54, 1.807) is 31.4 Å². The van der Waals surface area contributed by atoms with E-state index in [9.17, 15) is 4.79 Å². The van der Waals surface area contributed by atoms with Crippen LogP contribution in [0.5, 0.6) is 5.75 Å². The number of unbranched alkanes of at least 4 members (excludes halogenated alkanes) is 9. The minimum absolute atomic E-state index is 0.221. The molecule has 1 N–H and O–H groups in total. The van der Waals surface area contributed by atoms with Crippen molar-refractivity contribution in [3.63, 3.8) is 0 Å². The van der Waals surface area contributed by atoms with Gasteiger partial charge in [-0.05, 0) is 63.9 Å². The summed E-state index contributed by atoms with van der Waals surface area (Å²) >= 11 is 0. The minimum Gasteiger partial charge on any atom is -0.497 e. The summed E-state index contributed by atoms with van der Waals surface area (Å²) in [5.74, 6) is -1.34. The lowest BCUT2D eigenvalue weighted by Crippen LogP contribution is -2.46. The number of ether oxygens (including phenoxy) is 7. The van der Waals surface area contributed by atoms with E-state index in [2.05, 4.69) is 17.1 Å². The summed E-state index contributed by atoms with van der Waals surface area (Å²) in [6.45, 7) is 11.1. The summed E-state index contributed by atoms with van der Waals surface area (Å²) in [6, 6.07) is 7.12. The minimum atomic E-state index is -1.14. The molecule has 0 unspecified atom stereocenters. The van der Waals surface area contributed by atoms with E-state index in [0.717, 1.165) is 52.1 Å². The molecule has 1 aromatic rings. The summed E-state index contributed by atoms with van der Waals surface area (Å²) in [6.07, 6.45) is 12.1. The molecule has 0 radical (unpaired) electrons. The summed E-state index contributed by atoms with van der Waals surface area (Å²) in [4.78, 5) is 15.5. The van der Waals surface area contributed by atoms with E-state index in [1.165, 1.54) is 51.4 Å². The maximum Gasteiger partial charge on any atom is 0.412 e. The molecule has 3 heterocycles. The van der Waals surface area contributed by atoms with E-state index in [-0.39, 0.29) is 6.61 Å². The molecule has 3 aliphatic rings. The number of rotatable bonds is 20. The zero-order valence-corrected chi connectivity index (χ0v) is 28.2. The van der Waals surface area contributed by atoms with Crippen LogP contribution in [0.25, 0.3) is 0 Å². The Labute approximate surface area is 270 Å². The smallest absolute Gasteiger partial charge is 0.412 e. The van der Waals surface area contributed by atoms with Crippen LogP contribution in [0.4, 0.5) is 10.5 Å². The van der Waals surface area contributed by atoms with Gasteiger partial charge in [-0.15, -0.1) is 0 Å². The average molecular weight is 635 g/mol. The standard InChI is InChI=1S/C35H58N2O8/c1-5-6-7-8-9-10-11-12-13-14-24-41-27-35-32(44-34(2,3)45-35)31(30(43-35)16-15-21-37-22-25-40-26-23-37)42-33(38)36-28-17-19-29(39-4)20-18-28/h17-20,30-32H,5-16,21-27H2,1-4H3,(H,36,38)/t30-,31+,32-,35-/m0/s1. The van der Waals surface area contributed by atoms with Gasteiger partial charge in [0.1, 0.15) is 18.5 Å². The van der Waals surface area contributed by atoms with Gasteiger partial charge in [0.15, 0.2) is 18.0 Å². The summed E-state index contributed by atoms with van der Waals surface area (Å²) in [5.41, 5.74) is 0.610. The van der Waals surface area contributed by atoms with E-state index in [4.69, 9.17) is 33.2 Å². The molecule has 0 aliphatic carbocycles. The fourth-order valence-electron chi connectivity index (χ4n) is 6.52. The predicted octanol–water partition coefficient (Wildman–Crippen LogP) is 6.91. The molecular formula is C35H58N2O8. The van der Waals surface area contributed by atoms with Gasteiger partial charge in [0.2, 0.25) is 5.79 Å². The molecule has 10 nitrogen and oxygen atoms in total. The fourth-order valence-corrected chi connectivity index (χ4v) is 6.52. The van der Waals surface area contributed by atoms with Crippen LogP contribution in [0, 0.1) is 0 Å². The highest BCUT2D eigenvalue weighted by Crippen LogP contribution is 2.47. The van der Waals surface area contributed by atoms with E-state index in [0.29, 0.717) is 24.5 Å². The van der Waals surface area contributed by atoms with E-state index < -0.39 is 36.0 Å². The van der Waals surface area contributed by atoms with Crippen molar-refractivity contribution in [2.45, 2.75) is 128 Å². The number of hydrogen-bond donors (Lipinski definition) is 1. The van der Waals surface area contributed by atoms with Crippen LogP contribution in [-0.4, -0.2) is 94.1 Å². The normalized spacial score (nSPS) is 26.1. The number of nitrogens with zero attached hydrogens (tertiary/aromatic N) is 1. The molecule has 1 amide bonds. The van der Waals surface area contributed by atoms with Gasteiger partial charge in [-0.2, -0.15) is 0 Å². The zero-order valence-electron chi connectivity index (χ0n) is 28.2. The van der Waals surface area contributed by atoms with Crippen molar-refractivity contribution < 1.29 is 38.0 Å². The number of carbonyl (C=O) groups excluding carboxylic acids is 1. The second-order valence-corrected chi connectivity index (χ2v) is 13.1. The molecule has 3 aliphatic heterocycles. The molecule has 4 atom stereocenters. The first-order valence-corrected chi connectivity index (χ1v) is 17.4. The first kappa shape index (κ1) is 35.9. The Morgan fingerprint density at radius 1 is 0.933 bits per heavy atom. The van der Waals surface area contributed by atoms with Crippen molar-refractivity contribution in [3.05, 3.63) is 24.3 Å². The van der Waals surface area contributed by atoms with Gasteiger partial charge in [-0.25, -0.2) is 4.79 Å². The number of fused-ring (bicyclic) bond motifs is 1. The molecule has 256 valence electrons. The number of nitrogens with one attached hydrogen (secondary N) is 1. The first-order valence-electron chi connectivity index (χ1n) is 17.4. The molecule has 0 saturated carbocycles. The SMILES string of the molecule is CCCCCCCCCCCCOC[C@@]12O[C@@H](CCCN3CCOCC3)[C@@H](OC(=O)Nc3ccc(OC)cc3)[C@@H]1OC(C)(C)O2. The quantitative estimate of drug-likeness (QED) is 0.154. The average Bonchev–Trinajstić information content (AvgIpc) is 3.44. The molecule has 3 saturated heterocycles. The Hall–Kier alpha value is -1.95. The van der Waals surface area contributed by atoms with Gasteiger partial charge < -0.3 is 33.2 Å². The largest absolute Gasteiger partial charge is 0.497 e. The van der Waals surface area contributed by atoms with Crippen molar-refractivity contribution >= 4 is 11.8 Å².